The Morgan fingerprint density at radius 2 is 1.23 bits per heavy atom. The second kappa shape index (κ2) is 18.7. The number of carbonyl (C=O) groups excluding carboxylic acids is 1. The van der Waals surface area contributed by atoms with Crippen molar-refractivity contribution in [2.75, 3.05) is 11.1 Å². The van der Waals surface area contributed by atoms with Gasteiger partial charge in [0.1, 0.15) is 5.69 Å². The van der Waals surface area contributed by atoms with E-state index in [-0.39, 0.29) is 22.2 Å². The summed E-state index contributed by atoms with van der Waals surface area (Å²) in [6.07, 6.45) is 0. The van der Waals surface area contributed by atoms with Crippen LogP contribution in [0.25, 0.3) is 10.8 Å². The van der Waals surface area contributed by atoms with Crippen molar-refractivity contribution in [2.24, 2.45) is 30.7 Å². The summed E-state index contributed by atoms with van der Waals surface area (Å²) in [5.41, 5.74) is 13.6. The Bertz CT molecular complexity index is 2530. The lowest BCUT2D eigenvalue weighted by atomic mass is 10.1. The maximum Gasteiger partial charge on any atom is 0.255 e. The highest BCUT2D eigenvalue weighted by atomic mass is 32.2. The molecule has 16 nitrogen and oxygen atoms in total. The third kappa shape index (κ3) is 10.2. The maximum atomic E-state index is 12.8. The van der Waals surface area contributed by atoms with Crippen LogP contribution in [0.3, 0.4) is 0 Å². The van der Waals surface area contributed by atoms with Gasteiger partial charge in [-0.15, -0.1) is 13.8 Å². The summed E-state index contributed by atoms with van der Waals surface area (Å²) in [6, 6.07) is 27.6. The molecular formula is C39H34N8O8S2. The first-order valence-electron chi connectivity index (χ1n) is 16.9. The number of rotatable bonds is 14. The van der Waals surface area contributed by atoms with E-state index in [2.05, 4.69) is 50.4 Å². The van der Waals surface area contributed by atoms with Crippen LogP contribution in [-0.4, -0.2) is 21.5 Å². The maximum absolute atomic E-state index is 12.8. The molecule has 0 unspecified atom stereocenters. The van der Waals surface area contributed by atoms with Crippen molar-refractivity contribution in [2.45, 2.75) is 37.5 Å². The highest BCUT2D eigenvalue weighted by Gasteiger charge is 2.17. The van der Waals surface area contributed by atoms with Gasteiger partial charge in [-0.2, -0.15) is 25.6 Å². The lowest BCUT2D eigenvalue weighted by molar-refractivity contribution is -0.432. The first kappa shape index (κ1) is 40.6. The van der Waals surface area contributed by atoms with Crippen molar-refractivity contribution in [3.63, 3.8) is 0 Å². The minimum absolute atomic E-state index is 0.0643. The molecule has 18 heteroatoms. The summed E-state index contributed by atoms with van der Waals surface area (Å²) < 4.78 is 9.17. The zero-order valence-corrected chi connectivity index (χ0v) is 32.3. The van der Waals surface area contributed by atoms with Crippen molar-refractivity contribution in [3.8, 4) is 5.75 Å². The van der Waals surface area contributed by atoms with Gasteiger partial charge in [-0.3, -0.25) is 4.79 Å². The van der Waals surface area contributed by atoms with Gasteiger partial charge < -0.3 is 16.2 Å². The quantitative estimate of drug-likeness (QED) is 0.0229. The van der Waals surface area contributed by atoms with Crippen LogP contribution in [0.2, 0.25) is 0 Å². The number of aryl methyl sites for hydroxylation is 4. The number of nitrogens with zero attached hydrogens (tertiary/aromatic N) is 6. The number of nitrogens with one attached hydrogen (secondary N) is 1. The number of fused-ring (bicyclic) bond motifs is 1. The number of amides is 1. The van der Waals surface area contributed by atoms with Crippen LogP contribution in [0.4, 0.5) is 45.5 Å². The van der Waals surface area contributed by atoms with E-state index in [9.17, 15) is 9.90 Å². The number of azo groups is 3. The van der Waals surface area contributed by atoms with E-state index in [1.807, 2.05) is 52.0 Å². The predicted octanol–water partition coefficient (Wildman–Crippen LogP) is 12.7. The monoisotopic (exact) mass is 806 g/mol. The topological polar surface area (TPSA) is 227 Å². The largest absolute Gasteiger partial charge is 0.505 e. The van der Waals surface area contributed by atoms with E-state index in [1.165, 1.54) is 0 Å². The molecule has 0 spiro atoms. The smallest absolute Gasteiger partial charge is 0.255 e. The van der Waals surface area contributed by atoms with E-state index in [0.717, 1.165) is 39.2 Å². The Morgan fingerprint density at radius 1 is 0.632 bits per heavy atom. The van der Waals surface area contributed by atoms with Gasteiger partial charge in [0, 0.05) is 27.2 Å². The Balaban J connectivity index is 1.18. The fourth-order valence-corrected chi connectivity index (χ4v) is 6.42. The van der Waals surface area contributed by atoms with Crippen LogP contribution in [0.5, 0.6) is 5.75 Å². The number of hydrogen-bond acceptors (Lipinski definition) is 17. The Morgan fingerprint density at radius 3 is 1.88 bits per heavy atom. The van der Waals surface area contributed by atoms with Crippen LogP contribution in [0.15, 0.2) is 138 Å². The third-order valence-corrected chi connectivity index (χ3v) is 9.65. The number of benzene rings is 6. The Labute approximate surface area is 334 Å². The second-order valence-corrected chi connectivity index (χ2v) is 14.0. The van der Waals surface area contributed by atoms with Crippen LogP contribution in [0, 0.1) is 27.7 Å². The van der Waals surface area contributed by atoms with Crippen molar-refractivity contribution < 1.29 is 39.2 Å². The van der Waals surface area contributed by atoms with Gasteiger partial charge in [-0.05, 0) is 152 Å². The number of carbonyl (C=O) groups is 1. The normalized spacial score (nSPS) is 11.8. The highest BCUT2D eigenvalue weighted by molar-refractivity contribution is 7.94. The number of phenolic OH excluding ortho intramolecular Hbond substituents is 1. The summed E-state index contributed by atoms with van der Waals surface area (Å²) in [4.78, 5) is 13.8. The Kier molecular flexibility index (Phi) is 13.3. The number of nitrogens with two attached hydrogens (primary N) is 1. The molecule has 0 aliphatic carbocycles. The predicted molar refractivity (Wildman–Crippen MR) is 217 cm³/mol. The molecule has 6 rings (SSSR count). The molecule has 0 aromatic heterocycles. The zero-order chi connectivity index (χ0) is 40.5. The van der Waals surface area contributed by atoms with E-state index in [1.54, 1.807) is 72.8 Å². The molecule has 0 saturated heterocycles. The molecule has 57 heavy (non-hydrogen) atoms. The van der Waals surface area contributed by atoms with Crippen LogP contribution in [-0.2, 0) is 18.7 Å². The average molecular weight is 807 g/mol. The van der Waals surface area contributed by atoms with E-state index < -0.39 is 0 Å². The molecule has 290 valence electrons. The zero-order valence-electron chi connectivity index (χ0n) is 30.7. The number of aromatic hydroxyl groups is 1. The summed E-state index contributed by atoms with van der Waals surface area (Å²) in [7, 11) is 0. The van der Waals surface area contributed by atoms with Gasteiger partial charge in [-0.1, -0.05) is 10.1 Å². The van der Waals surface area contributed by atoms with Gasteiger partial charge in [0.15, 0.2) is 5.75 Å². The molecule has 0 heterocycles. The minimum Gasteiger partial charge on any atom is -0.505 e. The van der Waals surface area contributed by atoms with Gasteiger partial charge in [0.2, 0.25) is 0 Å². The van der Waals surface area contributed by atoms with Gasteiger partial charge >= 0.3 is 0 Å². The Hall–Kier alpha value is -6.09. The summed E-state index contributed by atoms with van der Waals surface area (Å²) in [5.74, 6) is -0.542. The fraction of sp³-hybridized carbons (Fsp3) is 0.103. The van der Waals surface area contributed by atoms with Crippen molar-refractivity contribution >= 4 is 86.3 Å². The van der Waals surface area contributed by atoms with Gasteiger partial charge in [0.25, 0.3) is 5.91 Å². The lowest BCUT2D eigenvalue weighted by Gasteiger charge is -2.11. The van der Waals surface area contributed by atoms with Crippen molar-refractivity contribution in [1.29, 1.82) is 0 Å². The second-order valence-electron chi connectivity index (χ2n) is 12.5. The first-order valence-corrected chi connectivity index (χ1v) is 18.3. The SMILES string of the molecule is Cc1cc(N=Nc2c(SOOO)cc3cc(NC(=O)c4ccc(N)cc4)ccc3c2O)c(C)cc1N=Nc1ccc(N=Nc2ccc(SOOO)cc2C)c(C)c1. The summed E-state index contributed by atoms with van der Waals surface area (Å²) in [5, 5.41) is 66.3. The van der Waals surface area contributed by atoms with Crippen LogP contribution < -0.4 is 11.1 Å². The van der Waals surface area contributed by atoms with E-state index in [0.29, 0.717) is 68.2 Å². The third-order valence-electron chi connectivity index (χ3n) is 8.46. The molecular weight excluding hydrogens is 773 g/mol. The fourth-order valence-electron chi connectivity index (χ4n) is 5.46. The molecule has 6 N–H and O–H groups in total. The molecule has 0 fully saturated rings. The molecule has 0 aliphatic rings. The number of nitrogen functional groups attached to an aromatic ring is 1. The number of anilines is 2. The number of hydrogen-bond donors (Lipinski definition) is 5. The molecule has 0 aliphatic heterocycles. The minimum atomic E-state index is -0.337. The van der Waals surface area contributed by atoms with Crippen molar-refractivity contribution in [1.82, 2.24) is 0 Å². The molecule has 0 atom stereocenters. The summed E-state index contributed by atoms with van der Waals surface area (Å²) in [6.45, 7) is 7.51. The van der Waals surface area contributed by atoms with Gasteiger partial charge in [0.05, 0.1) is 57.4 Å². The lowest BCUT2D eigenvalue weighted by Crippen LogP contribution is -2.11. The van der Waals surface area contributed by atoms with Gasteiger partial charge in [-0.25, -0.2) is 10.5 Å². The molecule has 6 aromatic carbocycles. The molecule has 0 radical (unpaired) electrons. The van der Waals surface area contributed by atoms with Crippen LogP contribution in [0.1, 0.15) is 32.6 Å². The van der Waals surface area contributed by atoms with Crippen molar-refractivity contribution in [3.05, 3.63) is 125 Å². The molecule has 6 aromatic rings. The summed E-state index contributed by atoms with van der Waals surface area (Å²) >= 11 is 1.48. The van der Waals surface area contributed by atoms with E-state index >= 15 is 0 Å². The van der Waals surface area contributed by atoms with E-state index in [4.69, 9.17) is 20.6 Å². The average Bonchev–Trinajstić information content (AvgIpc) is 3.19. The molecule has 0 saturated carbocycles. The first-order chi connectivity index (χ1) is 27.5. The molecule has 0 bridgehead atoms. The highest BCUT2D eigenvalue weighted by Crippen LogP contribution is 2.45. The number of phenols is 1. The standard InChI is InChI=1S/C39H34N8O8S2/c1-21-15-29(10-13-32(21)43-44-33-14-11-30(16-22(33)2)56-54-52-50)42-45-34-17-24(4)35(18-23(34)3)46-47-37-36(57-55-53-51)20-26-19-28(9-12-31(26)38(37)48)41-39(49)25-5-7-27(40)8-6-25/h5-20,48,50-51H,40H2,1-4H3,(H,41,49). The molecule has 1 amide bonds. The van der Waals surface area contributed by atoms with Crippen LogP contribution >= 0.6 is 24.1 Å².